The maximum absolute atomic E-state index is 12.0. The summed E-state index contributed by atoms with van der Waals surface area (Å²) in [7, 11) is 0. The van der Waals surface area contributed by atoms with E-state index in [1.54, 1.807) is 6.92 Å². The normalized spacial score (nSPS) is 27.0. The Balaban J connectivity index is 1.80. The Hall–Kier alpha value is -1.39. The zero-order valence-corrected chi connectivity index (χ0v) is 10.0. The van der Waals surface area contributed by atoms with Gasteiger partial charge in [0.2, 0.25) is 5.91 Å². The average molecular weight is 235 g/mol. The third-order valence-electron chi connectivity index (χ3n) is 4.23. The maximum Gasteiger partial charge on any atom is 0.252 e. The molecule has 3 rings (SSSR count). The van der Waals surface area contributed by atoms with Crippen molar-refractivity contribution in [2.45, 2.75) is 32.6 Å². The van der Waals surface area contributed by atoms with Gasteiger partial charge >= 0.3 is 0 Å². The smallest absolute Gasteiger partial charge is 0.252 e. The third kappa shape index (κ3) is 1.56. The van der Waals surface area contributed by atoms with Crippen LogP contribution in [0.15, 0.2) is 5.10 Å². The lowest BCUT2D eigenvalue weighted by Gasteiger charge is -2.37. The highest BCUT2D eigenvalue weighted by Gasteiger charge is 2.53. The van der Waals surface area contributed by atoms with Gasteiger partial charge in [-0.2, -0.15) is 5.10 Å². The van der Waals surface area contributed by atoms with Crippen LogP contribution in [-0.2, 0) is 9.59 Å². The first-order valence-corrected chi connectivity index (χ1v) is 6.27. The second kappa shape index (κ2) is 3.55. The first-order chi connectivity index (χ1) is 8.13. The molecular formula is C12H17N3O2. The number of nitrogens with one attached hydrogen (secondary N) is 1. The number of rotatable bonds is 1. The van der Waals surface area contributed by atoms with Gasteiger partial charge in [-0.25, -0.2) is 5.43 Å². The number of hydrogen-bond donors (Lipinski definition) is 1. The van der Waals surface area contributed by atoms with Gasteiger partial charge in [0.1, 0.15) is 0 Å². The van der Waals surface area contributed by atoms with E-state index >= 15 is 0 Å². The summed E-state index contributed by atoms with van der Waals surface area (Å²) in [4.78, 5) is 25.2. The number of hydrazone groups is 1. The minimum atomic E-state index is -0.396. The number of hydrogen-bond acceptors (Lipinski definition) is 3. The van der Waals surface area contributed by atoms with Crippen LogP contribution in [0.5, 0.6) is 0 Å². The molecule has 2 heterocycles. The maximum atomic E-state index is 12.0. The minimum absolute atomic E-state index is 0.0441. The largest absolute Gasteiger partial charge is 0.343 e. The van der Waals surface area contributed by atoms with E-state index in [-0.39, 0.29) is 11.8 Å². The molecule has 5 nitrogen and oxygen atoms in total. The zero-order chi connectivity index (χ0) is 12.0. The molecule has 2 aliphatic heterocycles. The first-order valence-electron chi connectivity index (χ1n) is 6.27. The summed E-state index contributed by atoms with van der Waals surface area (Å²) >= 11 is 0. The molecule has 5 heteroatoms. The van der Waals surface area contributed by atoms with E-state index in [1.807, 2.05) is 4.90 Å². The minimum Gasteiger partial charge on any atom is -0.343 e. The lowest BCUT2D eigenvalue weighted by Crippen LogP contribution is -2.49. The Morgan fingerprint density at radius 1 is 1.41 bits per heavy atom. The Bertz CT molecular complexity index is 404. The fourth-order valence-corrected chi connectivity index (χ4v) is 2.97. The van der Waals surface area contributed by atoms with Crippen molar-refractivity contribution in [3.63, 3.8) is 0 Å². The standard InChI is InChI=1S/C12H17N3O2/c1-8(16)15-6-4-12(5-7-15)10(9-2-3-9)13-14-11(12)17/h9H,2-7H2,1H3,(H,14,17). The Labute approximate surface area is 100 Å². The van der Waals surface area contributed by atoms with E-state index in [1.165, 1.54) is 0 Å². The van der Waals surface area contributed by atoms with Crippen molar-refractivity contribution >= 4 is 17.5 Å². The number of likely N-dealkylation sites (tertiary alicyclic amines) is 1. The van der Waals surface area contributed by atoms with E-state index in [0.29, 0.717) is 19.0 Å². The number of nitrogens with zero attached hydrogens (tertiary/aromatic N) is 2. The molecule has 17 heavy (non-hydrogen) atoms. The molecule has 1 spiro atoms. The molecule has 1 saturated carbocycles. The molecule has 2 amide bonds. The average Bonchev–Trinajstić information content (AvgIpc) is 3.09. The monoisotopic (exact) mass is 235 g/mol. The van der Waals surface area contributed by atoms with Gasteiger partial charge < -0.3 is 4.90 Å². The highest BCUT2D eigenvalue weighted by molar-refractivity contribution is 6.14. The predicted octanol–water partition coefficient (Wildman–Crippen LogP) is 0.511. The topological polar surface area (TPSA) is 61.8 Å². The zero-order valence-electron chi connectivity index (χ0n) is 10.0. The van der Waals surface area contributed by atoms with E-state index in [0.717, 1.165) is 31.4 Å². The van der Waals surface area contributed by atoms with Crippen LogP contribution in [0.25, 0.3) is 0 Å². The van der Waals surface area contributed by atoms with Crippen LogP contribution in [-0.4, -0.2) is 35.5 Å². The molecule has 0 atom stereocenters. The summed E-state index contributed by atoms with van der Waals surface area (Å²) < 4.78 is 0. The van der Waals surface area contributed by atoms with Crippen molar-refractivity contribution < 1.29 is 9.59 Å². The molecule has 3 aliphatic rings. The summed E-state index contributed by atoms with van der Waals surface area (Å²) in [5.41, 5.74) is 3.31. The SMILES string of the molecule is CC(=O)N1CCC2(CC1)C(=O)NN=C2C1CC1. The Morgan fingerprint density at radius 3 is 2.59 bits per heavy atom. The molecule has 1 N–H and O–H groups in total. The quantitative estimate of drug-likeness (QED) is 0.720. The fourth-order valence-electron chi connectivity index (χ4n) is 2.97. The van der Waals surface area contributed by atoms with Gasteiger partial charge in [0.25, 0.3) is 5.91 Å². The summed E-state index contributed by atoms with van der Waals surface area (Å²) in [6, 6.07) is 0. The van der Waals surface area contributed by atoms with Crippen LogP contribution in [0.3, 0.4) is 0 Å². The molecule has 0 radical (unpaired) electrons. The van der Waals surface area contributed by atoms with Crippen LogP contribution in [0.1, 0.15) is 32.6 Å². The van der Waals surface area contributed by atoms with Crippen LogP contribution < -0.4 is 5.43 Å². The number of carbonyl (C=O) groups is 2. The molecule has 0 aromatic carbocycles. The molecule has 0 bridgehead atoms. The second-order valence-corrected chi connectivity index (χ2v) is 5.30. The van der Waals surface area contributed by atoms with E-state index in [9.17, 15) is 9.59 Å². The molecule has 92 valence electrons. The van der Waals surface area contributed by atoms with Gasteiger partial charge in [0.15, 0.2) is 0 Å². The summed E-state index contributed by atoms with van der Waals surface area (Å²) in [6.45, 7) is 2.94. The highest BCUT2D eigenvalue weighted by Crippen LogP contribution is 2.45. The highest BCUT2D eigenvalue weighted by atomic mass is 16.2. The van der Waals surface area contributed by atoms with Gasteiger partial charge in [-0.05, 0) is 25.7 Å². The van der Waals surface area contributed by atoms with Crippen molar-refractivity contribution in [1.82, 2.24) is 10.3 Å². The summed E-state index contributed by atoms with van der Waals surface area (Å²) in [5.74, 6) is 0.656. The molecule has 0 aromatic rings. The van der Waals surface area contributed by atoms with Crippen molar-refractivity contribution in [3.05, 3.63) is 0 Å². The third-order valence-corrected chi connectivity index (χ3v) is 4.23. The van der Waals surface area contributed by atoms with Gasteiger partial charge in [-0.3, -0.25) is 9.59 Å². The summed E-state index contributed by atoms with van der Waals surface area (Å²) in [6.07, 6.45) is 3.78. The molecule has 1 saturated heterocycles. The van der Waals surface area contributed by atoms with Gasteiger partial charge in [0.05, 0.1) is 11.1 Å². The van der Waals surface area contributed by atoms with Crippen LogP contribution in [0.2, 0.25) is 0 Å². The molecule has 1 aliphatic carbocycles. The fraction of sp³-hybridized carbons (Fsp3) is 0.750. The molecule has 2 fully saturated rings. The number of amides is 2. The molecule has 0 unspecified atom stereocenters. The van der Waals surface area contributed by atoms with E-state index in [2.05, 4.69) is 10.5 Å². The van der Waals surface area contributed by atoms with E-state index in [4.69, 9.17) is 0 Å². The second-order valence-electron chi connectivity index (χ2n) is 5.30. The Kier molecular flexibility index (Phi) is 2.24. The number of carbonyl (C=O) groups excluding carboxylic acids is 2. The van der Waals surface area contributed by atoms with Gasteiger partial charge in [-0.15, -0.1) is 0 Å². The van der Waals surface area contributed by atoms with Gasteiger partial charge in [0, 0.05) is 25.9 Å². The number of piperidine rings is 1. The first kappa shape index (κ1) is 10.7. The van der Waals surface area contributed by atoms with E-state index < -0.39 is 5.41 Å². The van der Waals surface area contributed by atoms with Crippen molar-refractivity contribution in [1.29, 1.82) is 0 Å². The van der Waals surface area contributed by atoms with Crippen LogP contribution >= 0.6 is 0 Å². The van der Waals surface area contributed by atoms with Crippen LogP contribution in [0.4, 0.5) is 0 Å². The lowest BCUT2D eigenvalue weighted by atomic mass is 9.73. The molecule has 0 aromatic heterocycles. The molecular weight excluding hydrogens is 218 g/mol. The van der Waals surface area contributed by atoms with Crippen LogP contribution in [0, 0.1) is 11.3 Å². The predicted molar refractivity (Wildman–Crippen MR) is 62.2 cm³/mol. The van der Waals surface area contributed by atoms with Crippen molar-refractivity contribution in [2.75, 3.05) is 13.1 Å². The lowest BCUT2D eigenvalue weighted by molar-refractivity contribution is -0.135. The van der Waals surface area contributed by atoms with Crippen molar-refractivity contribution in [3.8, 4) is 0 Å². The Morgan fingerprint density at radius 2 is 2.06 bits per heavy atom. The van der Waals surface area contributed by atoms with Gasteiger partial charge in [-0.1, -0.05) is 0 Å². The summed E-state index contributed by atoms with van der Waals surface area (Å²) in [5, 5.41) is 4.24. The van der Waals surface area contributed by atoms with Crippen molar-refractivity contribution in [2.24, 2.45) is 16.4 Å².